The lowest BCUT2D eigenvalue weighted by Gasteiger charge is -2.26. The van der Waals surface area contributed by atoms with Gasteiger partial charge in [-0.3, -0.25) is 0 Å². The van der Waals surface area contributed by atoms with Crippen LogP contribution in [0.1, 0.15) is 18.2 Å². The smallest absolute Gasteiger partial charge is 0.117 e. The minimum atomic E-state index is -1.05. The maximum absolute atomic E-state index is 14.3. The van der Waals surface area contributed by atoms with Crippen molar-refractivity contribution in [3.63, 3.8) is 0 Å². The predicted molar refractivity (Wildman–Crippen MR) is 58.5 cm³/mol. The van der Waals surface area contributed by atoms with Crippen LogP contribution in [0, 0.1) is 5.92 Å². The molecule has 1 N–H and O–H groups in total. The van der Waals surface area contributed by atoms with Crippen LogP contribution in [-0.2, 0) is 6.42 Å². The van der Waals surface area contributed by atoms with Gasteiger partial charge in [0.1, 0.15) is 5.67 Å². The van der Waals surface area contributed by atoms with E-state index in [1.807, 2.05) is 17.5 Å². The van der Waals surface area contributed by atoms with Crippen molar-refractivity contribution in [2.45, 2.75) is 25.4 Å². The van der Waals surface area contributed by atoms with E-state index in [0.29, 0.717) is 6.42 Å². The number of thiophene rings is 1. The van der Waals surface area contributed by atoms with Crippen LogP contribution in [0.15, 0.2) is 17.5 Å². The van der Waals surface area contributed by atoms with Gasteiger partial charge < -0.3 is 5.32 Å². The summed E-state index contributed by atoms with van der Waals surface area (Å²) in [5.74, 6) is 0.185. The number of rotatable bonds is 3. The van der Waals surface area contributed by atoms with Crippen molar-refractivity contribution in [3.05, 3.63) is 22.4 Å². The van der Waals surface area contributed by atoms with E-state index in [9.17, 15) is 4.39 Å². The van der Waals surface area contributed by atoms with Crippen molar-refractivity contribution in [3.8, 4) is 0 Å². The molecule has 78 valence electrons. The summed E-state index contributed by atoms with van der Waals surface area (Å²) >= 11 is 1.65. The highest BCUT2D eigenvalue weighted by Crippen LogP contribution is 2.31. The predicted octanol–water partition coefficient (Wildman–Crippen LogP) is 2.63. The molecule has 0 radical (unpaired) electrons. The molecule has 0 saturated carbocycles. The Bertz CT molecular complexity index is 275. The summed E-state index contributed by atoms with van der Waals surface area (Å²) in [5, 5.41) is 5.23. The van der Waals surface area contributed by atoms with Crippen molar-refractivity contribution in [2.24, 2.45) is 5.92 Å². The van der Waals surface area contributed by atoms with E-state index >= 15 is 0 Å². The van der Waals surface area contributed by atoms with Crippen LogP contribution in [0.2, 0.25) is 0 Å². The molecule has 0 spiro atoms. The summed E-state index contributed by atoms with van der Waals surface area (Å²) in [4.78, 5) is 1.15. The summed E-state index contributed by atoms with van der Waals surface area (Å²) in [7, 11) is 0. The van der Waals surface area contributed by atoms with Crippen molar-refractivity contribution in [1.29, 1.82) is 0 Å². The Balaban J connectivity index is 2.00. The molecule has 0 amide bonds. The third-order valence-electron chi connectivity index (χ3n) is 3.01. The first-order chi connectivity index (χ1) is 6.68. The average Bonchev–Trinajstić information content (AvgIpc) is 2.71. The van der Waals surface area contributed by atoms with Gasteiger partial charge in [-0.15, -0.1) is 11.3 Å². The Morgan fingerprint density at radius 1 is 1.71 bits per heavy atom. The fourth-order valence-electron chi connectivity index (χ4n) is 2.07. The molecular weight excluding hydrogens is 197 g/mol. The van der Waals surface area contributed by atoms with Crippen LogP contribution >= 0.6 is 11.3 Å². The molecule has 2 unspecified atom stereocenters. The number of hydrogen-bond acceptors (Lipinski definition) is 2. The number of nitrogens with one attached hydrogen (secondary N) is 1. The quantitative estimate of drug-likeness (QED) is 0.814. The largest absolute Gasteiger partial charge is 0.316 e. The molecule has 1 nitrogen and oxygen atoms in total. The Labute approximate surface area is 88.3 Å². The number of halogens is 1. The first kappa shape index (κ1) is 10.1. The topological polar surface area (TPSA) is 12.0 Å². The molecule has 1 fully saturated rings. The lowest BCUT2D eigenvalue weighted by Crippen LogP contribution is -2.33. The molecule has 1 aliphatic heterocycles. The van der Waals surface area contributed by atoms with Crippen LogP contribution in [0.25, 0.3) is 0 Å². The van der Waals surface area contributed by atoms with Gasteiger partial charge in [-0.05, 0) is 31.3 Å². The van der Waals surface area contributed by atoms with Gasteiger partial charge >= 0.3 is 0 Å². The fraction of sp³-hybridized carbons (Fsp3) is 0.636. The lowest BCUT2D eigenvalue weighted by molar-refractivity contribution is 0.114. The van der Waals surface area contributed by atoms with E-state index in [2.05, 4.69) is 5.32 Å². The fourth-order valence-corrected chi connectivity index (χ4v) is 2.92. The van der Waals surface area contributed by atoms with Gasteiger partial charge in [-0.2, -0.15) is 0 Å². The van der Waals surface area contributed by atoms with Crippen LogP contribution in [0.5, 0.6) is 0 Å². The van der Waals surface area contributed by atoms with Gasteiger partial charge in [0.25, 0.3) is 0 Å². The van der Waals surface area contributed by atoms with Gasteiger partial charge in [0.05, 0.1) is 0 Å². The Kier molecular flexibility index (Phi) is 2.88. The van der Waals surface area contributed by atoms with E-state index in [0.717, 1.165) is 24.4 Å². The summed E-state index contributed by atoms with van der Waals surface area (Å²) in [6.45, 7) is 3.54. The molecule has 2 rings (SSSR count). The van der Waals surface area contributed by atoms with Crippen LogP contribution < -0.4 is 5.32 Å². The standard InChI is InChI=1S/C11H16FNS/c1-11(12,9-4-5-13-8-9)7-10-3-2-6-14-10/h2-3,6,9,13H,4-5,7-8H2,1H3. The van der Waals surface area contributed by atoms with Gasteiger partial charge in [0.15, 0.2) is 0 Å². The highest BCUT2D eigenvalue weighted by atomic mass is 32.1. The first-order valence-electron chi connectivity index (χ1n) is 5.10. The summed E-state index contributed by atoms with van der Waals surface area (Å²) in [6, 6.07) is 4.01. The molecule has 2 heterocycles. The molecule has 3 heteroatoms. The Hall–Kier alpha value is -0.410. The second-order valence-corrected chi connectivity index (χ2v) is 5.26. The molecule has 1 aromatic rings. The van der Waals surface area contributed by atoms with Crippen molar-refractivity contribution in [2.75, 3.05) is 13.1 Å². The molecule has 14 heavy (non-hydrogen) atoms. The molecule has 0 aliphatic carbocycles. The maximum Gasteiger partial charge on any atom is 0.117 e. The first-order valence-corrected chi connectivity index (χ1v) is 5.98. The van der Waals surface area contributed by atoms with Crippen LogP contribution in [-0.4, -0.2) is 18.8 Å². The average molecular weight is 213 g/mol. The van der Waals surface area contributed by atoms with E-state index in [1.54, 1.807) is 18.3 Å². The Morgan fingerprint density at radius 3 is 3.14 bits per heavy atom. The van der Waals surface area contributed by atoms with Crippen molar-refractivity contribution >= 4 is 11.3 Å². The summed E-state index contributed by atoms with van der Waals surface area (Å²) in [5.41, 5.74) is -1.05. The highest BCUT2D eigenvalue weighted by molar-refractivity contribution is 7.09. The summed E-state index contributed by atoms with van der Waals surface area (Å²) in [6.07, 6.45) is 1.54. The second kappa shape index (κ2) is 3.99. The summed E-state index contributed by atoms with van der Waals surface area (Å²) < 4.78 is 14.3. The Morgan fingerprint density at radius 2 is 2.57 bits per heavy atom. The van der Waals surface area contributed by atoms with Crippen LogP contribution in [0.4, 0.5) is 4.39 Å². The van der Waals surface area contributed by atoms with E-state index < -0.39 is 5.67 Å². The van der Waals surface area contributed by atoms with E-state index in [4.69, 9.17) is 0 Å². The highest BCUT2D eigenvalue weighted by Gasteiger charge is 2.36. The zero-order chi connectivity index (χ0) is 10.0. The third-order valence-corrected chi connectivity index (χ3v) is 3.89. The van der Waals surface area contributed by atoms with Crippen LogP contribution in [0.3, 0.4) is 0 Å². The molecule has 1 aliphatic rings. The number of hydrogen-bond donors (Lipinski definition) is 1. The minimum absolute atomic E-state index is 0.185. The maximum atomic E-state index is 14.3. The van der Waals surface area contributed by atoms with Gasteiger partial charge in [-0.1, -0.05) is 6.07 Å². The zero-order valence-corrected chi connectivity index (χ0v) is 9.24. The monoisotopic (exact) mass is 213 g/mol. The van der Waals surface area contributed by atoms with Gasteiger partial charge in [-0.25, -0.2) is 4.39 Å². The molecule has 1 saturated heterocycles. The molecular formula is C11H16FNS. The zero-order valence-electron chi connectivity index (χ0n) is 8.42. The van der Waals surface area contributed by atoms with Crippen molar-refractivity contribution in [1.82, 2.24) is 5.32 Å². The third kappa shape index (κ3) is 2.15. The minimum Gasteiger partial charge on any atom is -0.316 e. The van der Waals surface area contributed by atoms with Gasteiger partial charge in [0, 0.05) is 23.8 Å². The molecule has 1 aromatic heterocycles. The van der Waals surface area contributed by atoms with E-state index in [-0.39, 0.29) is 5.92 Å². The van der Waals surface area contributed by atoms with E-state index in [1.165, 1.54) is 0 Å². The van der Waals surface area contributed by atoms with Crippen molar-refractivity contribution < 1.29 is 4.39 Å². The number of alkyl halides is 1. The normalized spacial score (nSPS) is 26.3. The van der Waals surface area contributed by atoms with Gasteiger partial charge in [0.2, 0.25) is 0 Å². The molecule has 0 aromatic carbocycles. The SMILES string of the molecule is CC(F)(Cc1cccs1)C1CCNC1. The molecule has 2 atom stereocenters. The lowest BCUT2D eigenvalue weighted by atomic mass is 9.87. The second-order valence-electron chi connectivity index (χ2n) is 4.22. The molecule has 0 bridgehead atoms.